The maximum Gasteiger partial charge on any atom is 0.354 e. The summed E-state index contributed by atoms with van der Waals surface area (Å²) in [6.07, 6.45) is 2.14. The van der Waals surface area contributed by atoms with E-state index >= 15 is 0 Å². The van der Waals surface area contributed by atoms with E-state index in [2.05, 4.69) is 69.1 Å². The number of nitrogens with zero attached hydrogens (tertiary/aromatic N) is 1. The molecule has 0 N–H and O–H groups in total. The van der Waals surface area contributed by atoms with Crippen molar-refractivity contribution in [3.63, 3.8) is 0 Å². The van der Waals surface area contributed by atoms with Crippen LogP contribution in [0.4, 0.5) is 0 Å². The van der Waals surface area contributed by atoms with Gasteiger partial charge >= 0.3 is 22.9 Å². The van der Waals surface area contributed by atoms with Crippen molar-refractivity contribution in [2.24, 2.45) is 0 Å². The van der Waals surface area contributed by atoms with Crippen LogP contribution < -0.4 is 2.78 Å². The van der Waals surface area contributed by atoms with Crippen molar-refractivity contribution in [2.75, 3.05) is 0 Å². The molecule has 2 heteroatoms. The summed E-state index contributed by atoms with van der Waals surface area (Å²) in [6, 6.07) is 10.6. The van der Waals surface area contributed by atoms with E-state index in [1.807, 2.05) is 0 Å². The van der Waals surface area contributed by atoms with Gasteiger partial charge in [-0.15, -0.1) is 2.78 Å². The molecule has 2 aromatic rings. The van der Waals surface area contributed by atoms with Gasteiger partial charge in [0.25, 0.3) is 0 Å². The van der Waals surface area contributed by atoms with Gasteiger partial charge in [-0.1, -0.05) is 18.2 Å². The van der Waals surface area contributed by atoms with Gasteiger partial charge in [0, 0.05) is 18.4 Å². The van der Waals surface area contributed by atoms with Crippen LogP contribution in [0.25, 0.3) is 10.8 Å². The molecule has 1 heterocycles. The van der Waals surface area contributed by atoms with E-state index in [1.165, 1.54) is 16.5 Å². The molecule has 2 rings (SSSR count). The largest absolute Gasteiger partial charge is 0.354 e. The summed E-state index contributed by atoms with van der Waals surface area (Å²) in [4.78, 5) is 0. The Balaban J connectivity index is 2.84. The maximum absolute atomic E-state index is 2.29. The number of benzene rings is 1. The van der Waals surface area contributed by atoms with Crippen LogP contribution >= 0.6 is 22.9 Å². The maximum atomic E-state index is 2.29. The standard InChI is InChI=1S/C10H9IN/c1-8-6-9-4-2-3-5-10(9)7-12(8)11/h2-7H,1H3/q+1. The van der Waals surface area contributed by atoms with E-state index in [1.54, 1.807) is 0 Å². The lowest BCUT2D eigenvalue weighted by atomic mass is 10.1. The molecule has 0 spiro atoms. The number of rotatable bonds is 0. The van der Waals surface area contributed by atoms with Crippen LogP contribution in [0.15, 0.2) is 36.5 Å². The first kappa shape index (κ1) is 7.98. The predicted octanol–water partition coefficient (Wildman–Crippen LogP) is 2.63. The Labute approximate surface area is 85.5 Å². The number of aromatic nitrogens is 1. The van der Waals surface area contributed by atoms with Crippen molar-refractivity contribution in [3.05, 3.63) is 42.2 Å². The van der Waals surface area contributed by atoms with Crippen LogP contribution in [-0.2, 0) is 0 Å². The highest BCUT2D eigenvalue weighted by Crippen LogP contribution is 2.12. The van der Waals surface area contributed by atoms with Gasteiger partial charge in [0.05, 0.1) is 0 Å². The molecule has 0 aliphatic rings. The fourth-order valence-electron chi connectivity index (χ4n) is 1.27. The van der Waals surface area contributed by atoms with E-state index in [-0.39, 0.29) is 0 Å². The molecule has 0 saturated carbocycles. The summed E-state index contributed by atoms with van der Waals surface area (Å²) in [7, 11) is 0. The molecule has 0 radical (unpaired) electrons. The summed E-state index contributed by atoms with van der Waals surface area (Å²) in [5.41, 5.74) is 1.27. The number of halogens is 1. The second-order valence-corrected chi connectivity index (χ2v) is 3.89. The van der Waals surface area contributed by atoms with Crippen molar-refractivity contribution in [2.45, 2.75) is 6.92 Å². The van der Waals surface area contributed by atoms with Gasteiger partial charge in [-0.05, 0) is 11.5 Å². The molecule has 0 saturated heterocycles. The third-order valence-corrected chi connectivity index (χ3v) is 2.99. The summed E-state index contributed by atoms with van der Waals surface area (Å²) >= 11 is 2.29. The van der Waals surface area contributed by atoms with Gasteiger partial charge in [-0.25, -0.2) is 0 Å². The molecule has 1 aromatic heterocycles. The topological polar surface area (TPSA) is 3.88 Å². The van der Waals surface area contributed by atoms with E-state index in [0.29, 0.717) is 0 Å². The zero-order valence-electron chi connectivity index (χ0n) is 6.79. The molecule has 0 bridgehead atoms. The molecule has 0 aliphatic carbocycles. The van der Waals surface area contributed by atoms with Gasteiger partial charge in [0.2, 0.25) is 0 Å². The number of pyridine rings is 1. The third-order valence-electron chi connectivity index (χ3n) is 1.95. The van der Waals surface area contributed by atoms with Crippen molar-refractivity contribution in [1.82, 2.24) is 0 Å². The quantitative estimate of drug-likeness (QED) is 0.648. The zero-order chi connectivity index (χ0) is 8.55. The lowest BCUT2D eigenvalue weighted by Crippen LogP contribution is -2.22. The number of aryl methyl sites for hydroxylation is 1. The van der Waals surface area contributed by atoms with Gasteiger partial charge in [0.15, 0.2) is 11.9 Å². The molecule has 60 valence electrons. The van der Waals surface area contributed by atoms with Crippen LogP contribution in [0.2, 0.25) is 0 Å². The Morgan fingerprint density at radius 3 is 2.58 bits per heavy atom. The number of hydrogen-bond donors (Lipinski definition) is 0. The van der Waals surface area contributed by atoms with Crippen molar-refractivity contribution >= 4 is 33.6 Å². The lowest BCUT2D eigenvalue weighted by molar-refractivity contribution is -0.447. The van der Waals surface area contributed by atoms with Crippen LogP contribution in [0.3, 0.4) is 0 Å². The molecular formula is C10H9IN+. The monoisotopic (exact) mass is 270 g/mol. The second-order valence-electron chi connectivity index (χ2n) is 2.85. The average molecular weight is 270 g/mol. The fraction of sp³-hybridized carbons (Fsp3) is 0.100. The predicted molar refractivity (Wildman–Crippen MR) is 58.3 cm³/mol. The molecule has 0 fully saturated rings. The van der Waals surface area contributed by atoms with Crippen molar-refractivity contribution in [1.29, 1.82) is 0 Å². The first-order valence-corrected chi connectivity index (χ1v) is 4.81. The minimum Gasteiger partial charge on any atom is -0.140 e. The highest BCUT2D eigenvalue weighted by Gasteiger charge is 2.03. The minimum absolute atomic E-state index is 1.27. The molecule has 1 aromatic carbocycles. The third kappa shape index (κ3) is 1.31. The molecular weight excluding hydrogens is 261 g/mol. The van der Waals surface area contributed by atoms with E-state index < -0.39 is 0 Å². The minimum atomic E-state index is 1.27. The SMILES string of the molecule is Cc1cc2ccccc2c[n+]1I. The normalized spacial score (nSPS) is 10.5. The van der Waals surface area contributed by atoms with Gasteiger partial charge in [-0.2, -0.15) is 0 Å². The molecule has 12 heavy (non-hydrogen) atoms. The summed E-state index contributed by atoms with van der Waals surface area (Å²) in [5, 5.41) is 2.60. The average Bonchev–Trinajstić information content (AvgIpc) is 2.07. The van der Waals surface area contributed by atoms with E-state index in [4.69, 9.17) is 0 Å². The molecule has 1 nitrogen and oxygen atoms in total. The van der Waals surface area contributed by atoms with Gasteiger partial charge < -0.3 is 0 Å². The number of fused-ring (bicyclic) bond motifs is 1. The lowest BCUT2D eigenvalue weighted by Gasteiger charge is -1.95. The van der Waals surface area contributed by atoms with E-state index in [0.717, 1.165) is 0 Å². The van der Waals surface area contributed by atoms with Gasteiger partial charge in [-0.3, -0.25) is 0 Å². The van der Waals surface area contributed by atoms with Crippen molar-refractivity contribution in [3.8, 4) is 0 Å². The van der Waals surface area contributed by atoms with Crippen molar-refractivity contribution < 1.29 is 2.78 Å². The van der Waals surface area contributed by atoms with Crippen LogP contribution in [0.1, 0.15) is 5.69 Å². The molecule has 0 amide bonds. The highest BCUT2D eigenvalue weighted by molar-refractivity contribution is 14.1. The smallest absolute Gasteiger partial charge is 0.140 e. The Bertz CT molecular complexity index is 383. The first-order valence-electron chi connectivity index (χ1n) is 3.84. The number of hydrogen-bond acceptors (Lipinski definition) is 0. The van der Waals surface area contributed by atoms with Crippen LogP contribution in [0, 0.1) is 6.92 Å². The van der Waals surface area contributed by atoms with Crippen LogP contribution in [-0.4, -0.2) is 0 Å². The zero-order valence-corrected chi connectivity index (χ0v) is 8.95. The molecule has 0 aliphatic heterocycles. The Morgan fingerprint density at radius 1 is 1.17 bits per heavy atom. The van der Waals surface area contributed by atoms with Crippen LogP contribution in [0.5, 0.6) is 0 Å². The summed E-state index contributed by atoms with van der Waals surface area (Å²) < 4.78 is 2.11. The summed E-state index contributed by atoms with van der Waals surface area (Å²) in [5.74, 6) is 0. The Hall–Kier alpha value is -0.640. The Kier molecular flexibility index (Phi) is 2.00. The Morgan fingerprint density at radius 2 is 1.83 bits per heavy atom. The van der Waals surface area contributed by atoms with Gasteiger partial charge in [0.1, 0.15) is 0 Å². The first-order chi connectivity index (χ1) is 5.77. The molecule has 0 unspecified atom stereocenters. The van der Waals surface area contributed by atoms with E-state index in [9.17, 15) is 0 Å². The fourth-order valence-corrected chi connectivity index (χ4v) is 1.71. The molecule has 0 atom stereocenters. The second kappa shape index (κ2) is 3.01. The highest BCUT2D eigenvalue weighted by atomic mass is 127. The summed E-state index contributed by atoms with van der Waals surface area (Å²) in [6.45, 7) is 2.11.